The first-order chi connectivity index (χ1) is 14.0. The van der Waals surface area contributed by atoms with Gasteiger partial charge in [-0.05, 0) is 42.2 Å². The van der Waals surface area contributed by atoms with Crippen LogP contribution in [0, 0.1) is 5.82 Å². The largest absolute Gasteiger partial charge is 0.354 e. The molecule has 0 aliphatic carbocycles. The predicted molar refractivity (Wildman–Crippen MR) is 114 cm³/mol. The summed E-state index contributed by atoms with van der Waals surface area (Å²) in [4.78, 5) is 27.4. The van der Waals surface area contributed by atoms with Crippen molar-refractivity contribution >= 4 is 23.4 Å². The van der Waals surface area contributed by atoms with Crippen molar-refractivity contribution in [1.82, 2.24) is 10.2 Å². The minimum Gasteiger partial charge on any atom is -0.354 e. The number of hydrogen-bond acceptors (Lipinski definition) is 2. The molecular formula is C23H28ClFN2O2. The number of carbonyl (C=O) groups is 2. The number of nitrogens with one attached hydrogen (secondary N) is 1. The van der Waals surface area contributed by atoms with Gasteiger partial charge in [-0.1, -0.05) is 62.2 Å². The summed E-state index contributed by atoms with van der Waals surface area (Å²) < 4.78 is 14.1. The lowest BCUT2D eigenvalue weighted by molar-refractivity contribution is -0.141. The SMILES string of the molecule is CCCCNC(=O)[C@@H](CC)N(Cc1ccc(Cl)cc1)C(=O)Cc1ccccc1F. The van der Waals surface area contributed by atoms with Crippen LogP contribution in [0.4, 0.5) is 4.39 Å². The first kappa shape index (κ1) is 22.9. The molecule has 2 amide bonds. The van der Waals surface area contributed by atoms with Gasteiger partial charge in [0.25, 0.3) is 0 Å². The van der Waals surface area contributed by atoms with Gasteiger partial charge in [-0.25, -0.2) is 4.39 Å². The number of nitrogens with zero attached hydrogens (tertiary/aromatic N) is 1. The van der Waals surface area contributed by atoms with E-state index in [-0.39, 0.29) is 24.8 Å². The van der Waals surface area contributed by atoms with Gasteiger partial charge >= 0.3 is 0 Å². The average molecular weight is 419 g/mol. The van der Waals surface area contributed by atoms with Crippen LogP contribution >= 0.6 is 11.6 Å². The van der Waals surface area contributed by atoms with Crippen LogP contribution in [-0.4, -0.2) is 29.3 Å². The topological polar surface area (TPSA) is 49.4 Å². The Bertz CT molecular complexity index is 811. The summed E-state index contributed by atoms with van der Waals surface area (Å²) in [6, 6.07) is 12.7. The third-order valence-electron chi connectivity index (χ3n) is 4.78. The fourth-order valence-electron chi connectivity index (χ4n) is 3.12. The molecule has 0 radical (unpaired) electrons. The molecule has 1 N–H and O–H groups in total. The molecule has 0 fully saturated rings. The van der Waals surface area contributed by atoms with Gasteiger partial charge in [-0.15, -0.1) is 0 Å². The third-order valence-corrected chi connectivity index (χ3v) is 5.03. The lowest BCUT2D eigenvalue weighted by atomic mass is 10.1. The van der Waals surface area contributed by atoms with E-state index >= 15 is 0 Å². The average Bonchev–Trinajstić information content (AvgIpc) is 2.71. The number of hydrogen-bond donors (Lipinski definition) is 1. The molecule has 1 atom stereocenters. The molecular weight excluding hydrogens is 391 g/mol. The highest BCUT2D eigenvalue weighted by Crippen LogP contribution is 2.17. The van der Waals surface area contributed by atoms with Crippen molar-refractivity contribution in [3.63, 3.8) is 0 Å². The molecule has 29 heavy (non-hydrogen) atoms. The van der Waals surface area contributed by atoms with Crippen molar-refractivity contribution in [2.45, 2.75) is 52.1 Å². The van der Waals surface area contributed by atoms with Crippen molar-refractivity contribution in [3.8, 4) is 0 Å². The second-order valence-corrected chi connectivity index (χ2v) is 7.42. The van der Waals surface area contributed by atoms with E-state index in [1.807, 2.05) is 26.0 Å². The molecule has 0 bridgehead atoms. The van der Waals surface area contributed by atoms with E-state index in [0.717, 1.165) is 18.4 Å². The molecule has 156 valence electrons. The molecule has 2 aromatic rings. The number of unbranched alkanes of at least 4 members (excludes halogenated alkanes) is 1. The first-order valence-electron chi connectivity index (χ1n) is 10.0. The molecule has 2 aromatic carbocycles. The third kappa shape index (κ3) is 6.86. The van der Waals surface area contributed by atoms with Gasteiger partial charge in [0.05, 0.1) is 6.42 Å². The van der Waals surface area contributed by atoms with Crippen molar-refractivity contribution in [2.24, 2.45) is 0 Å². The summed E-state index contributed by atoms with van der Waals surface area (Å²) in [5.41, 5.74) is 1.18. The van der Waals surface area contributed by atoms with Crippen LogP contribution in [0.5, 0.6) is 0 Å². The van der Waals surface area contributed by atoms with Crippen LogP contribution in [0.2, 0.25) is 5.02 Å². The maximum atomic E-state index is 14.1. The Morgan fingerprint density at radius 1 is 1.10 bits per heavy atom. The lowest BCUT2D eigenvalue weighted by Gasteiger charge is -2.31. The van der Waals surface area contributed by atoms with Crippen LogP contribution in [0.3, 0.4) is 0 Å². The monoisotopic (exact) mass is 418 g/mol. The van der Waals surface area contributed by atoms with E-state index in [1.165, 1.54) is 11.0 Å². The molecule has 6 heteroatoms. The molecule has 4 nitrogen and oxygen atoms in total. The number of benzene rings is 2. The highest BCUT2D eigenvalue weighted by Gasteiger charge is 2.28. The summed E-state index contributed by atoms with van der Waals surface area (Å²) in [7, 11) is 0. The first-order valence-corrected chi connectivity index (χ1v) is 10.4. The zero-order chi connectivity index (χ0) is 21.2. The quantitative estimate of drug-likeness (QED) is 0.566. The molecule has 0 heterocycles. The minimum atomic E-state index is -0.623. The minimum absolute atomic E-state index is 0.0982. The Hall–Kier alpha value is -2.40. The van der Waals surface area contributed by atoms with Crippen LogP contribution in [0.15, 0.2) is 48.5 Å². The molecule has 0 aliphatic rings. The Labute approximate surface area is 177 Å². The summed E-state index contributed by atoms with van der Waals surface area (Å²) in [5, 5.41) is 3.51. The van der Waals surface area contributed by atoms with Crippen molar-refractivity contribution in [3.05, 3.63) is 70.5 Å². The normalized spacial score (nSPS) is 11.7. The van der Waals surface area contributed by atoms with E-state index in [0.29, 0.717) is 23.6 Å². The summed E-state index contributed by atoms with van der Waals surface area (Å²) in [5.74, 6) is -0.896. The van der Waals surface area contributed by atoms with Gasteiger partial charge in [0.15, 0.2) is 0 Å². The highest BCUT2D eigenvalue weighted by molar-refractivity contribution is 6.30. The fourth-order valence-corrected chi connectivity index (χ4v) is 3.24. The molecule has 0 spiro atoms. The van der Waals surface area contributed by atoms with Crippen LogP contribution < -0.4 is 5.32 Å². The van der Waals surface area contributed by atoms with E-state index in [9.17, 15) is 14.0 Å². The van der Waals surface area contributed by atoms with Crippen LogP contribution in [0.1, 0.15) is 44.2 Å². The number of halogens is 2. The molecule has 2 rings (SSSR count). The molecule has 0 saturated carbocycles. The molecule has 0 aromatic heterocycles. The Morgan fingerprint density at radius 2 is 1.79 bits per heavy atom. The number of amides is 2. The molecule has 0 aliphatic heterocycles. The number of carbonyl (C=O) groups excluding carboxylic acids is 2. The Balaban J connectivity index is 2.25. The van der Waals surface area contributed by atoms with E-state index in [2.05, 4.69) is 5.32 Å². The van der Waals surface area contributed by atoms with Gasteiger partial charge in [-0.3, -0.25) is 9.59 Å². The maximum Gasteiger partial charge on any atom is 0.242 e. The fraction of sp³-hybridized carbons (Fsp3) is 0.391. The van der Waals surface area contributed by atoms with E-state index < -0.39 is 11.9 Å². The van der Waals surface area contributed by atoms with Gasteiger partial charge in [0, 0.05) is 18.1 Å². The second kappa shape index (κ2) is 11.6. The van der Waals surface area contributed by atoms with Gasteiger partial charge in [-0.2, -0.15) is 0 Å². The van der Waals surface area contributed by atoms with E-state index in [1.54, 1.807) is 30.3 Å². The zero-order valence-corrected chi connectivity index (χ0v) is 17.7. The van der Waals surface area contributed by atoms with E-state index in [4.69, 9.17) is 11.6 Å². The Morgan fingerprint density at radius 3 is 2.41 bits per heavy atom. The smallest absolute Gasteiger partial charge is 0.242 e. The van der Waals surface area contributed by atoms with Crippen LogP contribution in [-0.2, 0) is 22.6 Å². The van der Waals surface area contributed by atoms with Gasteiger partial charge < -0.3 is 10.2 Å². The molecule has 0 saturated heterocycles. The maximum absolute atomic E-state index is 14.1. The number of rotatable bonds is 10. The lowest BCUT2D eigenvalue weighted by Crippen LogP contribution is -2.49. The van der Waals surface area contributed by atoms with Gasteiger partial charge in [0.1, 0.15) is 11.9 Å². The van der Waals surface area contributed by atoms with Crippen molar-refractivity contribution in [1.29, 1.82) is 0 Å². The molecule has 0 unspecified atom stereocenters. The highest BCUT2D eigenvalue weighted by atomic mass is 35.5. The van der Waals surface area contributed by atoms with Crippen molar-refractivity contribution < 1.29 is 14.0 Å². The predicted octanol–water partition coefficient (Wildman–Crippen LogP) is 4.75. The Kier molecular flexibility index (Phi) is 9.13. The standard InChI is InChI=1S/C23H28ClFN2O2/c1-3-5-14-26-23(29)21(4-2)27(16-17-10-12-19(24)13-11-17)22(28)15-18-8-6-7-9-20(18)25/h6-13,21H,3-5,14-16H2,1-2H3,(H,26,29)/t21-/m1/s1. The second-order valence-electron chi connectivity index (χ2n) is 6.98. The zero-order valence-electron chi connectivity index (χ0n) is 17.0. The summed E-state index contributed by atoms with van der Waals surface area (Å²) >= 11 is 5.96. The van der Waals surface area contributed by atoms with Gasteiger partial charge in [0.2, 0.25) is 11.8 Å². The van der Waals surface area contributed by atoms with Crippen LogP contribution in [0.25, 0.3) is 0 Å². The summed E-state index contributed by atoms with van der Waals surface area (Å²) in [6.07, 6.45) is 2.22. The summed E-state index contributed by atoms with van der Waals surface area (Å²) in [6.45, 7) is 4.75. The van der Waals surface area contributed by atoms with Crippen molar-refractivity contribution in [2.75, 3.05) is 6.54 Å².